The van der Waals surface area contributed by atoms with E-state index in [1.165, 1.54) is 11.6 Å². The van der Waals surface area contributed by atoms with Crippen molar-refractivity contribution in [1.29, 1.82) is 0 Å². The van der Waals surface area contributed by atoms with E-state index in [0.29, 0.717) is 37.5 Å². The molecule has 1 heterocycles. The number of rotatable bonds is 13. The van der Waals surface area contributed by atoms with Gasteiger partial charge in [0.05, 0.1) is 21.1 Å². The Labute approximate surface area is 207 Å². The number of carbonyl (C=O) groups is 3. The minimum Gasteiger partial charge on any atom is -0.353 e. The van der Waals surface area contributed by atoms with Crippen LogP contribution >= 0.6 is 11.3 Å². The third kappa shape index (κ3) is 7.08. The summed E-state index contributed by atoms with van der Waals surface area (Å²) >= 11 is 1.61. The van der Waals surface area contributed by atoms with Crippen molar-refractivity contribution in [3.05, 3.63) is 41.4 Å². The third-order valence-electron chi connectivity index (χ3n) is 7.01. The van der Waals surface area contributed by atoms with Crippen LogP contribution in [-0.2, 0) is 20.8 Å². The molecule has 0 aliphatic heterocycles. The van der Waals surface area contributed by atoms with Gasteiger partial charge in [0.15, 0.2) is 5.78 Å². The molecule has 0 bridgehead atoms. The number of hydrogen-bond donors (Lipinski definition) is 1. The van der Waals surface area contributed by atoms with E-state index < -0.39 is 5.92 Å². The second kappa shape index (κ2) is 12.4. The summed E-state index contributed by atoms with van der Waals surface area (Å²) < 4.78 is 1.12. The minimum atomic E-state index is -0.448. The number of ketones is 2. The van der Waals surface area contributed by atoms with E-state index in [-0.39, 0.29) is 29.9 Å². The van der Waals surface area contributed by atoms with E-state index in [1.54, 1.807) is 11.3 Å². The molecule has 0 saturated heterocycles. The second-order valence-corrected chi connectivity index (χ2v) is 11.0. The highest BCUT2D eigenvalue weighted by Gasteiger charge is 2.30. The Kier molecular flexibility index (Phi) is 9.57. The van der Waals surface area contributed by atoms with E-state index in [2.05, 4.69) is 37.9 Å². The molecule has 184 valence electrons. The van der Waals surface area contributed by atoms with Crippen LogP contribution in [0.3, 0.4) is 0 Å². The van der Waals surface area contributed by atoms with Crippen LogP contribution in [0.25, 0.3) is 10.2 Å². The Morgan fingerprint density at radius 1 is 1.24 bits per heavy atom. The largest absolute Gasteiger partial charge is 0.353 e. The summed E-state index contributed by atoms with van der Waals surface area (Å²) in [6.45, 7) is 9.74. The molecule has 0 spiro atoms. The number of thiazole rings is 1. The predicted molar refractivity (Wildman–Crippen MR) is 139 cm³/mol. The average Bonchev–Trinajstić information content (AvgIpc) is 3.49. The topological polar surface area (TPSA) is 76.1 Å². The Morgan fingerprint density at radius 3 is 2.62 bits per heavy atom. The summed E-state index contributed by atoms with van der Waals surface area (Å²) in [5.74, 6) is 0.383. The fourth-order valence-corrected chi connectivity index (χ4v) is 5.90. The molecule has 1 aromatic heterocycles. The smallest absolute Gasteiger partial charge is 0.224 e. The van der Waals surface area contributed by atoms with Gasteiger partial charge in [-0.25, -0.2) is 4.98 Å². The standard InChI is InChI=1S/C28H38N2O3S/c1-5-22(31)12-14-24(19-9-7-8-10-19)30-28(33)21(15-23(32)6-2)17-27-29-25-13-11-20(18(3)4)16-26(25)34-27/h5,11,13,16,18-19,21,24H,1,6-10,12,14-15,17H2,2-4H3,(H,30,33)/t21-,24+/m0/s1. The lowest BCUT2D eigenvalue weighted by Gasteiger charge is -2.27. The molecule has 3 rings (SSSR count). The molecule has 1 aromatic carbocycles. The highest BCUT2D eigenvalue weighted by Crippen LogP contribution is 2.31. The summed E-state index contributed by atoms with van der Waals surface area (Å²) in [5, 5.41) is 4.13. The Morgan fingerprint density at radius 2 is 1.97 bits per heavy atom. The van der Waals surface area contributed by atoms with E-state index in [1.807, 2.05) is 13.0 Å². The van der Waals surface area contributed by atoms with Crippen molar-refractivity contribution in [3.8, 4) is 0 Å². The number of hydrogen-bond acceptors (Lipinski definition) is 5. The van der Waals surface area contributed by atoms with Gasteiger partial charge >= 0.3 is 0 Å². The molecule has 0 radical (unpaired) electrons. The van der Waals surface area contributed by atoms with Crippen LogP contribution in [0, 0.1) is 11.8 Å². The molecule has 2 atom stereocenters. The first-order chi connectivity index (χ1) is 16.3. The monoisotopic (exact) mass is 482 g/mol. The molecule has 6 heteroatoms. The molecular formula is C28H38N2O3S. The summed E-state index contributed by atoms with van der Waals surface area (Å²) in [7, 11) is 0. The SMILES string of the molecule is C=CC(=O)CC[C@@H](NC(=O)[C@@H](CC(=O)CC)Cc1nc2ccc(C(C)C)cc2s1)C1CCCC1. The number of allylic oxidation sites excluding steroid dienone is 1. The van der Waals surface area contributed by atoms with Crippen molar-refractivity contribution in [1.82, 2.24) is 10.3 Å². The van der Waals surface area contributed by atoms with Gasteiger partial charge in [0.1, 0.15) is 5.78 Å². The van der Waals surface area contributed by atoms with Crippen molar-refractivity contribution >= 4 is 39.0 Å². The number of benzene rings is 1. The lowest BCUT2D eigenvalue weighted by molar-refractivity contribution is -0.130. The van der Waals surface area contributed by atoms with Gasteiger partial charge in [0.2, 0.25) is 5.91 Å². The number of carbonyl (C=O) groups excluding carboxylic acids is 3. The van der Waals surface area contributed by atoms with Gasteiger partial charge in [-0.1, -0.05) is 46.3 Å². The van der Waals surface area contributed by atoms with Gasteiger partial charge < -0.3 is 5.32 Å². The van der Waals surface area contributed by atoms with Crippen molar-refractivity contribution in [3.63, 3.8) is 0 Å². The average molecular weight is 483 g/mol. The first kappa shape index (κ1) is 26.3. The number of Topliss-reactive ketones (excluding diaryl/α,β-unsaturated/α-hetero) is 1. The maximum absolute atomic E-state index is 13.4. The van der Waals surface area contributed by atoms with Gasteiger partial charge in [-0.15, -0.1) is 11.3 Å². The van der Waals surface area contributed by atoms with Crippen molar-refractivity contribution in [2.45, 2.75) is 90.5 Å². The number of nitrogens with one attached hydrogen (secondary N) is 1. The molecule has 1 fully saturated rings. The van der Waals surface area contributed by atoms with Crippen molar-refractivity contribution in [2.75, 3.05) is 0 Å². The minimum absolute atomic E-state index is 0.00481. The zero-order valence-electron chi connectivity index (χ0n) is 20.8. The van der Waals surface area contributed by atoms with Gasteiger partial charge in [-0.2, -0.15) is 0 Å². The maximum atomic E-state index is 13.4. The number of nitrogens with zero attached hydrogens (tertiary/aromatic N) is 1. The number of aromatic nitrogens is 1. The summed E-state index contributed by atoms with van der Waals surface area (Å²) in [6, 6.07) is 6.30. The van der Waals surface area contributed by atoms with Crippen LogP contribution in [0.1, 0.15) is 88.6 Å². The number of amides is 1. The van der Waals surface area contributed by atoms with Gasteiger partial charge in [0, 0.05) is 31.7 Å². The fourth-order valence-electron chi connectivity index (χ4n) is 4.81. The summed E-state index contributed by atoms with van der Waals surface area (Å²) in [5.41, 5.74) is 2.21. The molecule has 1 amide bonds. The van der Waals surface area contributed by atoms with Crippen molar-refractivity contribution in [2.24, 2.45) is 11.8 Å². The molecule has 0 unspecified atom stereocenters. The van der Waals surface area contributed by atoms with Crippen LogP contribution in [0.4, 0.5) is 0 Å². The molecule has 1 aliphatic rings. The van der Waals surface area contributed by atoms with Crippen LogP contribution in [0.5, 0.6) is 0 Å². The van der Waals surface area contributed by atoms with E-state index in [0.717, 1.165) is 40.9 Å². The van der Waals surface area contributed by atoms with E-state index in [9.17, 15) is 14.4 Å². The van der Waals surface area contributed by atoms with Gasteiger partial charge in [-0.3, -0.25) is 14.4 Å². The Balaban J connectivity index is 1.77. The van der Waals surface area contributed by atoms with Gasteiger partial charge in [0.25, 0.3) is 0 Å². The predicted octanol–water partition coefficient (Wildman–Crippen LogP) is 6.16. The normalized spacial score (nSPS) is 16.0. The molecule has 1 saturated carbocycles. The van der Waals surface area contributed by atoms with Crippen molar-refractivity contribution < 1.29 is 14.4 Å². The lowest BCUT2D eigenvalue weighted by atomic mass is 9.91. The fraction of sp³-hybridized carbons (Fsp3) is 0.571. The lowest BCUT2D eigenvalue weighted by Crippen LogP contribution is -2.43. The molecule has 34 heavy (non-hydrogen) atoms. The molecular weight excluding hydrogens is 444 g/mol. The van der Waals surface area contributed by atoms with Gasteiger partial charge in [-0.05, 0) is 54.9 Å². The van der Waals surface area contributed by atoms with Crippen LogP contribution in [-0.4, -0.2) is 28.5 Å². The molecule has 1 N–H and O–H groups in total. The van der Waals surface area contributed by atoms with Crippen LogP contribution in [0.15, 0.2) is 30.9 Å². The summed E-state index contributed by atoms with van der Waals surface area (Å²) in [4.78, 5) is 42.4. The summed E-state index contributed by atoms with van der Waals surface area (Å²) in [6.07, 6.45) is 7.92. The first-order valence-electron chi connectivity index (χ1n) is 12.7. The highest BCUT2D eigenvalue weighted by atomic mass is 32.1. The zero-order chi connectivity index (χ0) is 24.7. The molecule has 5 nitrogen and oxygen atoms in total. The second-order valence-electron chi connectivity index (χ2n) is 9.86. The highest BCUT2D eigenvalue weighted by molar-refractivity contribution is 7.18. The maximum Gasteiger partial charge on any atom is 0.224 e. The molecule has 1 aliphatic carbocycles. The van der Waals surface area contributed by atoms with Crippen LogP contribution < -0.4 is 5.32 Å². The third-order valence-corrected chi connectivity index (χ3v) is 8.05. The molecule has 2 aromatic rings. The van der Waals surface area contributed by atoms with E-state index >= 15 is 0 Å². The zero-order valence-corrected chi connectivity index (χ0v) is 21.6. The first-order valence-corrected chi connectivity index (χ1v) is 13.5. The quantitative estimate of drug-likeness (QED) is 0.347. The number of fused-ring (bicyclic) bond motifs is 1. The van der Waals surface area contributed by atoms with E-state index in [4.69, 9.17) is 4.98 Å². The van der Waals surface area contributed by atoms with Crippen LogP contribution in [0.2, 0.25) is 0 Å². The Hall–Kier alpha value is -2.34. The Bertz CT molecular complexity index is 1020.